The molecule has 0 aromatic heterocycles. The fourth-order valence-corrected chi connectivity index (χ4v) is 2.45. The molecule has 0 heterocycles. The van der Waals surface area contributed by atoms with Crippen LogP contribution in [0.15, 0.2) is 47.4 Å². The van der Waals surface area contributed by atoms with Crippen molar-refractivity contribution >= 4 is 9.84 Å². The molecule has 0 fully saturated rings. The number of benzene rings is 2. The summed E-state index contributed by atoms with van der Waals surface area (Å²) in [6.07, 6.45) is 1.12. The largest absolute Gasteiger partial charge is 0.490 e. The van der Waals surface area contributed by atoms with Gasteiger partial charge in [0.2, 0.25) is 0 Å². The molecular weight excluding hydrogens is 321 g/mol. The second-order valence-corrected chi connectivity index (χ2v) is 6.71. The molecule has 5 nitrogen and oxygen atoms in total. The first-order chi connectivity index (χ1) is 10.9. The Bertz CT molecular complexity index is 843. The number of halogens is 1. The van der Waals surface area contributed by atoms with Gasteiger partial charge in [-0.1, -0.05) is 6.07 Å². The second-order valence-electron chi connectivity index (χ2n) is 4.70. The minimum Gasteiger partial charge on any atom is -0.490 e. The molecular formula is C16H14FNO4S. The van der Waals surface area contributed by atoms with E-state index in [1.165, 1.54) is 24.3 Å². The third-order valence-electron chi connectivity index (χ3n) is 2.92. The fraction of sp³-hybridized carbons (Fsp3) is 0.188. The Morgan fingerprint density at radius 2 is 1.74 bits per heavy atom. The molecule has 0 amide bonds. The number of sulfone groups is 1. The first-order valence-electron chi connectivity index (χ1n) is 6.65. The summed E-state index contributed by atoms with van der Waals surface area (Å²) in [7, 11) is -3.29. The average Bonchev–Trinajstić information content (AvgIpc) is 2.51. The van der Waals surface area contributed by atoms with Gasteiger partial charge in [-0.2, -0.15) is 5.26 Å². The Morgan fingerprint density at radius 1 is 1.09 bits per heavy atom. The van der Waals surface area contributed by atoms with Crippen molar-refractivity contribution in [3.8, 4) is 17.6 Å². The summed E-state index contributed by atoms with van der Waals surface area (Å²) in [6, 6.07) is 11.8. The molecule has 2 aromatic carbocycles. The Balaban J connectivity index is 1.89. The van der Waals surface area contributed by atoms with E-state index in [4.69, 9.17) is 14.7 Å². The van der Waals surface area contributed by atoms with Crippen molar-refractivity contribution in [3.05, 3.63) is 53.8 Å². The SMILES string of the molecule is CS(=O)(=O)c1cccc(OCCOc2ccc(C#N)c(F)c2)c1. The van der Waals surface area contributed by atoms with Gasteiger partial charge >= 0.3 is 0 Å². The van der Waals surface area contributed by atoms with Crippen LogP contribution in [0.4, 0.5) is 4.39 Å². The zero-order chi connectivity index (χ0) is 16.9. The lowest BCUT2D eigenvalue weighted by Gasteiger charge is -2.09. The van der Waals surface area contributed by atoms with Gasteiger partial charge in [-0.3, -0.25) is 0 Å². The topological polar surface area (TPSA) is 76.4 Å². The van der Waals surface area contributed by atoms with E-state index >= 15 is 0 Å². The van der Waals surface area contributed by atoms with Crippen molar-refractivity contribution < 1.29 is 22.3 Å². The molecule has 0 aliphatic rings. The van der Waals surface area contributed by atoms with Gasteiger partial charge < -0.3 is 9.47 Å². The van der Waals surface area contributed by atoms with Gasteiger partial charge in [-0.15, -0.1) is 0 Å². The summed E-state index contributed by atoms with van der Waals surface area (Å²) in [5.41, 5.74) is -0.0498. The summed E-state index contributed by atoms with van der Waals surface area (Å²) < 4.78 is 47.0. The highest BCUT2D eigenvalue weighted by Crippen LogP contribution is 2.18. The van der Waals surface area contributed by atoms with E-state index in [9.17, 15) is 12.8 Å². The molecule has 0 spiro atoms. The summed E-state index contributed by atoms with van der Waals surface area (Å²) in [5.74, 6) is 0.0456. The molecule has 0 N–H and O–H groups in total. The van der Waals surface area contributed by atoms with Crippen LogP contribution < -0.4 is 9.47 Å². The molecule has 23 heavy (non-hydrogen) atoms. The number of ether oxygens (including phenoxy) is 2. The van der Waals surface area contributed by atoms with Crippen LogP contribution in [0.1, 0.15) is 5.56 Å². The van der Waals surface area contributed by atoms with Crippen LogP contribution in [-0.2, 0) is 9.84 Å². The zero-order valence-corrected chi connectivity index (χ0v) is 13.1. The minimum absolute atomic E-state index is 0.0498. The number of nitriles is 1. The van der Waals surface area contributed by atoms with Crippen LogP contribution in [0.2, 0.25) is 0 Å². The normalized spacial score (nSPS) is 10.8. The molecule has 0 unspecified atom stereocenters. The van der Waals surface area contributed by atoms with Crippen LogP contribution in [0, 0.1) is 17.1 Å². The number of hydrogen-bond donors (Lipinski definition) is 0. The molecule has 120 valence electrons. The Hall–Kier alpha value is -2.59. The summed E-state index contributed by atoms with van der Waals surface area (Å²) >= 11 is 0. The van der Waals surface area contributed by atoms with Crippen molar-refractivity contribution in [2.75, 3.05) is 19.5 Å². The number of rotatable bonds is 6. The third kappa shape index (κ3) is 4.69. The van der Waals surface area contributed by atoms with Crippen LogP contribution in [0.5, 0.6) is 11.5 Å². The molecule has 2 rings (SSSR count). The van der Waals surface area contributed by atoms with Crippen LogP contribution in [-0.4, -0.2) is 27.9 Å². The van der Waals surface area contributed by atoms with Gasteiger partial charge in [0, 0.05) is 12.3 Å². The molecule has 0 radical (unpaired) electrons. The zero-order valence-electron chi connectivity index (χ0n) is 12.3. The van der Waals surface area contributed by atoms with Crippen LogP contribution in [0.3, 0.4) is 0 Å². The lowest BCUT2D eigenvalue weighted by Crippen LogP contribution is -2.09. The Labute approximate surface area is 133 Å². The van der Waals surface area contributed by atoms with Crippen molar-refractivity contribution in [2.45, 2.75) is 4.90 Å². The van der Waals surface area contributed by atoms with Gasteiger partial charge in [0.05, 0.1) is 10.5 Å². The summed E-state index contributed by atoms with van der Waals surface area (Å²) in [5, 5.41) is 8.64. The highest BCUT2D eigenvalue weighted by atomic mass is 32.2. The molecule has 0 atom stereocenters. The molecule has 0 saturated heterocycles. The smallest absolute Gasteiger partial charge is 0.175 e. The van der Waals surface area contributed by atoms with Crippen molar-refractivity contribution in [1.29, 1.82) is 5.26 Å². The maximum Gasteiger partial charge on any atom is 0.175 e. The average molecular weight is 335 g/mol. The molecule has 0 aliphatic carbocycles. The molecule has 2 aromatic rings. The van der Waals surface area contributed by atoms with E-state index in [-0.39, 0.29) is 29.4 Å². The standard InChI is InChI=1S/C16H14FNO4S/c1-23(19,20)15-4-2-3-13(9-15)21-7-8-22-14-6-5-12(11-18)16(17)10-14/h2-6,9-10H,7-8H2,1H3. The van der Waals surface area contributed by atoms with E-state index in [1.807, 2.05) is 0 Å². The monoisotopic (exact) mass is 335 g/mol. The highest BCUT2D eigenvalue weighted by Gasteiger charge is 2.08. The van der Waals surface area contributed by atoms with E-state index in [0.717, 1.165) is 12.3 Å². The third-order valence-corrected chi connectivity index (χ3v) is 4.03. The second kappa shape index (κ2) is 7.11. The number of nitrogens with zero attached hydrogens (tertiary/aromatic N) is 1. The first kappa shape index (κ1) is 16.8. The molecule has 0 saturated carbocycles. The van der Waals surface area contributed by atoms with Crippen LogP contribution >= 0.6 is 0 Å². The van der Waals surface area contributed by atoms with Crippen molar-refractivity contribution in [1.82, 2.24) is 0 Å². The number of hydrogen-bond acceptors (Lipinski definition) is 5. The van der Waals surface area contributed by atoms with Gasteiger partial charge in [0.15, 0.2) is 9.84 Å². The summed E-state index contributed by atoms with van der Waals surface area (Å²) in [6.45, 7) is 0.309. The molecule has 0 aliphatic heterocycles. The molecule has 7 heteroatoms. The summed E-state index contributed by atoms with van der Waals surface area (Å²) in [4.78, 5) is 0.171. The predicted molar refractivity (Wildman–Crippen MR) is 81.7 cm³/mol. The van der Waals surface area contributed by atoms with Gasteiger partial charge in [0.25, 0.3) is 0 Å². The van der Waals surface area contributed by atoms with Crippen LogP contribution in [0.25, 0.3) is 0 Å². The van der Waals surface area contributed by atoms with Gasteiger partial charge in [-0.25, -0.2) is 12.8 Å². The van der Waals surface area contributed by atoms with E-state index in [0.29, 0.717) is 5.75 Å². The van der Waals surface area contributed by atoms with E-state index < -0.39 is 15.7 Å². The lowest BCUT2D eigenvalue weighted by atomic mass is 10.2. The highest BCUT2D eigenvalue weighted by molar-refractivity contribution is 7.90. The van der Waals surface area contributed by atoms with Crippen molar-refractivity contribution in [3.63, 3.8) is 0 Å². The van der Waals surface area contributed by atoms with E-state index in [2.05, 4.69) is 0 Å². The first-order valence-corrected chi connectivity index (χ1v) is 8.54. The molecule has 0 bridgehead atoms. The fourth-order valence-electron chi connectivity index (χ4n) is 1.79. The Morgan fingerprint density at radius 3 is 2.30 bits per heavy atom. The predicted octanol–water partition coefficient (Wildman–Crippen LogP) is 2.56. The van der Waals surface area contributed by atoms with E-state index in [1.54, 1.807) is 18.2 Å². The van der Waals surface area contributed by atoms with Gasteiger partial charge in [-0.05, 0) is 30.3 Å². The quantitative estimate of drug-likeness (QED) is 0.758. The maximum absolute atomic E-state index is 13.4. The lowest BCUT2D eigenvalue weighted by molar-refractivity contribution is 0.216. The van der Waals surface area contributed by atoms with Gasteiger partial charge in [0.1, 0.15) is 36.6 Å². The minimum atomic E-state index is -3.29. The Kier molecular flexibility index (Phi) is 5.19. The maximum atomic E-state index is 13.4. The van der Waals surface area contributed by atoms with Crippen molar-refractivity contribution in [2.24, 2.45) is 0 Å².